The van der Waals surface area contributed by atoms with Gasteiger partial charge in [-0.05, 0) is 42.9 Å². The summed E-state index contributed by atoms with van der Waals surface area (Å²) < 4.78 is 47.4. The molecule has 0 unspecified atom stereocenters. The monoisotopic (exact) mass is 441 g/mol. The number of piperidine rings is 1. The third-order valence-electron chi connectivity index (χ3n) is 6.01. The van der Waals surface area contributed by atoms with Gasteiger partial charge in [0.1, 0.15) is 12.4 Å². The number of primary amides is 1. The van der Waals surface area contributed by atoms with E-state index in [4.69, 9.17) is 10.5 Å². The zero-order chi connectivity index (χ0) is 21.5. The third kappa shape index (κ3) is 4.30. The molecular formula is C19H24FN3O6S. The number of rotatable bonds is 5. The summed E-state index contributed by atoms with van der Waals surface area (Å²) >= 11 is 0. The number of nitrogens with zero attached hydrogens (tertiary/aromatic N) is 2. The van der Waals surface area contributed by atoms with Crippen LogP contribution in [0.4, 0.5) is 25.4 Å². The molecule has 3 aliphatic heterocycles. The zero-order valence-electron chi connectivity index (χ0n) is 16.3. The Morgan fingerprint density at radius 1 is 1.23 bits per heavy atom. The highest BCUT2D eigenvalue weighted by atomic mass is 32.2. The first-order valence-electron chi connectivity index (χ1n) is 9.87. The van der Waals surface area contributed by atoms with Gasteiger partial charge in [0.25, 0.3) is 0 Å². The van der Waals surface area contributed by atoms with Gasteiger partial charge in [-0.1, -0.05) is 0 Å². The number of sulfone groups is 1. The highest BCUT2D eigenvalue weighted by molar-refractivity contribution is 7.92. The van der Waals surface area contributed by atoms with E-state index in [-0.39, 0.29) is 30.6 Å². The Kier molecular flexibility index (Phi) is 5.48. The molecule has 30 heavy (non-hydrogen) atoms. The quantitative estimate of drug-likeness (QED) is 0.735. The Balaban J connectivity index is 1.36. The maximum absolute atomic E-state index is 14.8. The van der Waals surface area contributed by atoms with Gasteiger partial charge in [0.2, 0.25) is 0 Å². The molecule has 2 N–H and O–H groups in total. The van der Waals surface area contributed by atoms with E-state index in [1.807, 2.05) is 4.90 Å². The molecule has 3 fully saturated rings. The van der Waals surface area contributed by atoms with Gasteiger partial charge in [-0.15, -0.1) is 0 Å². The largest absolute Gasteiger partial charge is 0.446 e. The van der Waals surface area contributed by atoms with Crippen LogP contribution in [0.15, 0.2) is 18.2 Å². The molecule has 164 valence electrons. The van der Waals surface area contributed by atoms with Crippen LogP contribution >= 0.6 is 0 Å². The number of nitrogens with two attached hydrogens (primary N) is 1. The fourth-order valence-corrected chi connectivity index (χ4v) is 6.15. The highest BCUT2D eigenvalue weighted by Crippen LogP contribution is 2.36. The molecule has 0 aromatic heterocycles. The number of ether oxygens (including phenoxy) is 2. The molecule has 0 aliphatic carbocycles. The Morgan fingerprint density at radius 3 is 2.53 bits per heavy atom. The topological polar surface area (TPSA) is 119 Å². The molecule has 3 saturated heterocycles. The van der Waals surface area contributed by atoms with Crippen molar-refractivity contribution in [1.29, 1.82) is 0 Å². The van der Waals surface area contributed by atoms with E-state index < -0.39 is 33.9 Å². The molecule has 1 aromatic carbocycles. The predicted octanol–water partition coefficient (Wildman–Crippen LogP) is 1.51. The minimum absolute atomic E-state index is 0.126. The van der Waals surface area contributed by atoms with Gasteiger partial charge in [-0.2, -0.15) is 0 Å². The SMILES string of the molecule is NC(=O)OC[C@@H]1CN(c2ccc(N3CCC(C4CS(=O)(=O)C4)CC3)c(F)c2)C(=O)O1. The zero-order valence-corrected chi connectivity index (χ0v) is 17.1. The molecule has 1 aromatic rings. The maximum Gasteiger partial charge on any atom is 0.414 e. The summed E-state index contributed by atoms with van der Waals surface area (Å²) in [5.74, 6) is 0.709. The van der Waals surface area contributed by atoms with Crippen LogP contribution < -0.4 is 15.5 Å². The summed E-state index contributed by atoms with van der Waals surface area (Å²) in [6.45, 7) is 1.29. The number of anilines is 2. The summed E-state index contributed by atoms with van der Waals surface area (Å²) in [6.07, 6.45) is -0.593. The van der Waals surface area contributed by atoms with E-state index in [0.29, 0.717) is 30.4 Å². The maximum atomic E-state index is 14.8. The van der Waals surface area contributed by atoms with Crippen LogP contribution in [-0.2, 0) is 19.3 Å². The fraction of sp³-hybridized carbons (Fsp3) is 0.579. The molecule has 9 nitrogen and oxygen atoms in total. The fourth-order valence-electron chi connectivity index (χ4n) is 4.40. The first kappa shape index (κ1) is 20.7. The van der Waals surface area contributed by atoms with Crippen molar-refractivity contribution in [2.24, 2.45) is 17.6 Å². The molecule has 0 radical (unpaired) electrons. The van der Waals surface area contributed by atoms with E-state index >= 15 is 0 Å². The number of hydrogen-bond donors (Lipinski definition) is 1. The lowest BCUT2D eigenvalue weighted by atomic mass is 9.86. The smallest absolute Gasteiger partial charge is 0.414 e. The van der Waals surface area contributed by atoms with Crippen LogP contribution in [0.5, 0.6) is 0 Å². The molecule has 1 atom stereocenters. The van der Waals surface area contributed by atoms with Crippen molar-refractivity contribution in [1.82, 2.24) is 0 Å². The minimum atomic E-state index is -2.83. The minimum Gasteiger partial charge on any atom is -0.446 e. The van der Waals surface area contributed by atoms with Crippen LogP contribution in [0.2, 0.25) is 0 Å². The average Bonchev–Trinajstić information content (AvgIpc) is 3.05. The van der Waals surface area contributed by atoms with Gasteiger partial charge in [0.05, 0.1) is 29.4 Å². The Labute approximate surface area is 173 Å². The summed E-state index contributed by atoms with van der Waals surface area (Å²) in [5.41, 5.74) is 5.73. The first-order chi connectivity index (χ1) is 14.2. The Hall–Kier alpha value is -2.56. The summed E-state index contributed by atoms with van der Waals surface area (Å²) in [6, 6.07) is 4.58. The number of amides is 2. The lowest BCUT2D eigenvalue weighted by molar-refractivity contribution is 0.0779. The molecule has 0 saturated carbocycles. The van der Waals surface area contributed by atoms with Crippen molar-refractivity contribution < 1.29 is 31.9 Å². The molecule has 3 heterocycles. The second kappa shape index (κ2) is 7.93. The van der Waals surface area contributed by atoms with E-state index in [1.165, 1.54) is 11.0 Å². The van der Waals surface area contributed by atoms with Crippen molar-refractivity contribution in [2.75, 3.05) is 47.5 Å². The number of cyclic esters (lactones) is 1. The van der Waals surface area contributed by atoms with Crippen LogP contribution in [0, 0.1) is 17.7 Å². The van der Waals surface area contributed by atoms with E-state index in [9.17, 15) is 22.4 Å². The molecule has 3 aliphatic rings. The first-order valence-corrected chi connectivity index (χ1v) is 11.7. The summed E-state index contributed by atoms with van der Waals surface area (Å²) in [4.78, 5) is 26.0. The number of carbonyl (C=O) groups excluding carboxylic acids is 2. The van der Waals surface area contributed by atoms with E-state index in [2.05, 4.69) is 4.74 Å². The summed E-state index contributed by atoms with van der Waals surface area (Å²) in [7, 11) is -2.83. The van der Waals surface area contributed by atoms with Gasteiger partial charge in [-0.25, -0.2) is 22.4 Å². The second-order valence-electron chi connectivity index (χ2n) is 8.04. The van der Waals surface area contributed by atoms with Crippen molar-refractivity contribution in [3.8, 4) is 0 Å². The van der Waals surface area contributed by atoms with Crippen molar-refractivity contribution in [2.45, 2.75) is 18.9 Å². The molecule has 2 amide bonds. The lowest BCUT2D eigenvalue weighted by Crippen LogP contribution is -2.45. The Morgan fingerprint density at radius 2 is 1.93 bits per heavy atom. The number of carbonyl (C=O) groups is 2. The van der Waals surface area contributed by atoms with Crippen molar-refractivity contribution >= 4 is 33.4 Å². The molecule has 4 rings (SSSR count). The van der Waals surface area contributed by atoms with Crippen molar-refractivity contribution in [3.63, 3.8) is 0 Å². The lowest BCUT2D eigenvalue weighted by Gasteiger charge is -2.40. The number of halogens is 1. The van der Waals surface area contributed by atoms with Crippen LogP contribution in [0.1, 0.15) is 12.8 Å². The Bertz CT molecular complexity index is 936. The highest BCUT2D eigenvalue weighted by Gasteiger charge is 2.40. The molecule has 11 heteroatoms. The normalized spacial score (nSPS) is 24.4. The molecular weight excluding hydrogens is 417 g/mol. The number of hydrogen-bond acceptors (Lipinski definition) is 7. The van der Waals surface area contributed by atoms with Gasteiger partial charge < -0.3 is 20.1 Å². The standard InChI is InChI=1S/C19H24FN3O6S/c20-16-7-14(23-8-15(29-19(23)25)9-28-18(21)24)1-2-17(16)22-5-3-12(4-6-22)13-10-30(26,27)11-13/h1-2,7,12-13,15H,3-6,8-11H2,(H2,21,24)/t15-/m0/s1. The molecule has 0 bridgehead atoms. The molecule has 0 spiro atoms. The van der Waals surface area contributed by atoms with Gasteiger partial charge >= 0.3 is 12.2 Å². The summed E-state index contributed by atoms with van der Waals surface area (Å²) in [5, 5.41) is 0. The second-order valence-corrected chi connectivity index (χ2v) is 10.2. The predicted molar refractivity (Wildman–Crippen MR) is 107 cm³/mol. The third-order valence-corrected chi connectivity index (χ3v) is 7.88. The van der Waals surface area contributed by atoms with E-state index in [1.54, 1.807) is 12.1 Å². The van der Waals surface area contributed by atoms with Gasteiger partial charge in [0.15, 0.2) is 15.9 Å². The average molecular weight is 441 g/mol. The van der Waals surface area contributed by atoms with Crippen LogP contribution in [0.3, 0.4) is 0 Å². The van der Waals surface area contributed by atoms with E-state index in [0.717, 1.165) is 12.8 Å². The van der Waals surface area contributed by atoms with Crippen molar-refractivity contribution in [3.05, 3.63) is 24.0 Å². The van der Waals surface area contributed by atoms with Crippen LogP contribution in [-0.4, -0.2) is 64.5 Å². The number of benzene rings is 1. The van der Waals surface area contributed by atoms with Crippen LogP contribution in [0.25, 0.3) is 0 Å². The van der Waals surface area contributed by atoms with Gasteiger partial charge in [-0.3, -0.25) is 4.90 Å². The van der Waals surface area contributed by atoms with Gasteiger partial charge in [0, 0.05) is 13.1 Å².